The second-order valence-electron chi connectivity index (χ2n) is 2.72. The lowest BCUT2D eigenvalue weighted by Crippen LogP contribution is -2.69. The van der Waals surface area contributed by atoms with Crippen LogP contribution in [0.25, 0.3) is 0 Å². The molecule has 0 radical (unpaired) electrons. The lowest BCUT2D eigenvalue weighted by molar-refractivity contribution is -0.165. The number of aliphatic carboxylic acids is 2. The Labute approximate surface area is 84.3 Å². The largest absolute Gasteiger partial charge is 0.478 e. The summed E-state index contributed by atoms with van der Waals surface area (Å²) in [7, 11) is 0. The van der Waals surface area contributed by atoms with Crippen LogP contribution in [0.5, 0.6) is 0 Å². The number of nitrogens with one attached hydrogen (secondary N) is 2. The Hall–Kier alpha value is -2.12. The molecule has 0 bridgehead atoms. The fourth-order valence-corrected chi connectivity index (χ4v) is 0.865. The van der Waals surface area contributed by atoms with Crippen molar-refractivity contribution in [2.45, 2.75) is 19.5 Å². The van der Waals surface area contributed by atoms with E-state index in [1.54, 1.807) is 10.6 Å². The average molecular weight is 218 g/mol. The van der Waals surface area contributed by atoms with Gasteiger partial charge in [-0.25, -0.2) is 9.59 Å². The molecule has 0 atom stereocenters. The van der Waals surface area contributed by atoms with Gasteiger partial charge in [0.1, 0.15) is 0 Å². The third-order valence-electron chi connectivity index (χ3n) is 1.37. The van der Waals surface area contributed by atoms with Crippen molar-refractivity contribution in [3.8, 4) is 0 Å². The molecular formula is C7H10N2O6. The summed E-state index contributed by atoms with van der Waals surface area (Å²) in [5, 5.41) is 20.7. The molecular weight excluding hydrogens is 208 g/mol. The Bertz CT molecular complexity index is 291. The van der Waals surface area contributed by atoms with E-state index in [1.807, 2.05) is 0 Å². The fourth-order valence-electron chi connectivity index (χ4n) is 0.865. The highest BCUT2D eigenvalue weighted by molar-refractivity contribution is 6.08. The Morgan fingerprint density at radius 3 is 1.27 bits per heavy atom. The third-order valence-corrected chi connectivity index (χ3v) is 1.37. The van der Waals surface area contributed by atoms with E-state index in [9.17, 15) is 19.2 Å². The van der Waals surface area contributed by atoms with E-state index in [4.69, 9.17) is 10.2 Å². The molecule has 4 N–H and O–H groups in total. The molecule has 0 saturated carbocycles. The fraction of sp³-hybridized carbons (Fsp3) is 0.429. The number of hydrogen-bond donors (Lipinski definition) is 4. The zero-order chi connectivity index (χ0) is 12.2. The first-order valence-electron chi connectivity index (χ1n) is 3.76. The number of carbonyl (C=O) groups is 4. The molecule has 0 aliphatic rings. The maximum Gasteiger partial charge on any atom is 0.362 e. The van der Waals surface area contributed by atoms with E-state index < -0.39 is 29.4 Å². The highest BCUT2D eigenvalue weighted by Gasteiger charge is 2.48. The van der Waals surface area contributed by atoms with Gasteiger partial charge in [0.25, 0.3) is 0 Å². The van der Waals surface area contributed by atoms with Crippen LogP contribution in [0.4, 0.5) is 0 Å². The minimum absolute atomic E-state index is 0.895. The summed E-state index contributed by atoms with van der Waals surface area (Å²) >= 11 is 0. The van der Waals surface area contributed by atoms with Gasteiger partial charge in [-0.2, -0.15) is 0 Å². The smallest absolute Gasteiger partial charge is 0.362 e. The second-order valence-corrected chi connectivity index (χ2v) is 2.72. The Morgan fingerprint density at radius 2 is 1.13 bits per heavy atom. The predicted molar refractivity (Wildman–Crippen MR) is 45.6 cm³/mol. The molecule has 0 aliphatic heterocycles. The molecule has 84 valence electrons. The molecule has 0 spiro atoms. The first-order valence-corrected chi connectivity index (χ1v) is 3.76. The molecule has 0 aromatic rings. The minimum Gasteiger partial charge on any atom is -0.478 e. The summed E-state index contributed by atoms with van der Waals surface area (Å²) < 4.78 is 0. The minimum atomic E-state index is -2.82. The topological polar surface area (TPSA) is 133 Å². The monoisotopic (exact) mass is 218 g/mol. The van der Waals surface area contributed by atoms with E-state index in [2.05, 4.69) is 0 Å². The van der Waals surface area contributed by atoms with Gasteiger partial charge in [0.2, 0.25) is 11.8 Å². The summed E-state index contributed by atoms with van der Waals surface area (Å²) in [5.41, 5.74) is -2.82. The van der Waals surface area contributed by atoms with Gasteiger partial charge in [0.15, 0.2) is 0 Å². The number of carbonyl (C=O) groups excluding carboxylic acids is 2. The van der Waals surface area contributed by atoms with Crippen LogP contribution >= 0.6 is 0 Å². The van der Waals surface area contributed by atoms with Crippen LogP contribution < -0.4 is 10.6 Å². The van der Waals surface area contributed by atoms with Crippen LogP contribution in [0.1, 0.15) is 13.8 Å². The van der Waals surface area contributed by atoms with Crippen molar-refractivity contribution in [1.29, 1.82) is 0 Å². The first-order chi connectivity index (χ1) is 6.72. The van der Waals surface area contributed by atoms with Crippen LogP contribution in [0.3, 0.4) is 0 Å². The van der Waals surface area contributed by atoms with E-state index in [1.165, 1.54) is 0 Å². The molecule has 0 rings (SSSR count). The van der Waals surface area contributed by atoms with Crippen LogP contribution in [-0.4, -0.2) is 39.6 Å². The molecule has 0 aromatic heterocycles. The average Bonchev–Trinajstić information content (AvgIpc) is 1.99. The summed E-state index contributed by atoms with van der Waals surface area (Å²) in [4.78, 5) is 42.8. The molecule has 0 aliphatic carbocycles. The van der Waals surface area contributed by atoms with Crippen LogP contribution in [0, 0.1) is 0 Å². The predicted octanol–water partition coefficient (Wildman–Crippen LogP) is -1.88. The Kier molecular flexibility index (Phi) is 3.78. The summed E-state index contributed by atoms with van der Waals surface area (Å²) in [6.07, 6.45) is 0. The second kappa shape index (κ2) is 4.40. The Morgan fingerprint density at radius 1 is 0.867 bits per heavy atom. The maximum atomic E-state index is 10.7. The lowest BCUT2D eigenvalue weighted by Gasteiger charge is -2.25. The molecule has 0 unspecified atom stereocenters. The van der Waals surface area contributed by atoms with Crippen molar-refractivity contribution < 1.29 is 29.4 Å². The van der Waals surface area contributed by atoms with E-state index in [0.717, 1.165) is 13.8 Å². The normalized spacial score (nSPS) is 10.3. The highest BCUT2D eigenvalue weighted by atomic mass is 16.4. The summed E-state index contributed by atoms with van der Waals surface area (Å²) in [5.74, 6) is -5.57. The number of carboxylic acids is 2. The van der Waals surface area contributed by atoms with E-state index in [-0.39, 0.29) is 0 Å². The van der Waals surface area contributed by atoms with Gasteiger partial charge in [-0.3, -0.25) is 9.59 Å². The number of carboxylic acid groups (broad SMARTS) is 2. The van der Waals surface area contributed by atoms with Gasteiger partial charge >= 0.3 is 17.6 Å². The number of rotatable bonds is 4. The number of amides is 2. The molecule has 0 aromatic carbocycles. The van der Waals surface area contributed by atoms with Gasteiger partial charge in [-0.05, 0) is 0 Å². The highest BCUT2D eigenvalue weighted by Crippen LogP contribution is 2.01. The van der Waals surface area contributed by atoms with Crippen LogP contribution in [-0.2, 0) is 19.2 Å². The zero-order valence-corrected chi connectivity index (χ0v) is 8.03. The molecule has 2 amide bonds. The Balaban J connectivity index is 5.26. The van der Waals surface area contributed by atoms with Gasteiger partial charge in [0.05, 0.1) is 0 Å². The standard InChI is InChI=1S/C7H10N2O6/c1-3(10)8-7(5(12)13,6(14)15)9-4(2)11/h1-2H3,(H,8,10)(H,9,11)(H,12,13)(H,14,15). The van der Waals surface area contributed by atoms with Crippen LogP contribution in [0.2, 0.25) is 0 Å². The lowest BCUT2D eigenvalue weighted by atomic mass is 10.1. The molecule has 8 nitrogen and oxygen atoms in total. The van der Waals surface area contributed by atoms with Crippen molar-refractivity contribution in [3.05, 3.63) is 0 Å². The van der Waals surface area contributed by atoms with Crippen molar-refractivity contribution >= 4 is 23.8 Å². The third kappa shape index (κ3) is 2.93. The SMILES string of the molecule is CC(=O)NC(NC(C)=O)(C(=O)O)C(=O)O. The summed E-state index contributed by atoms with van der Waals surface area (Å²) in [6.45, 7) is 1.87. The molecule has 8 heteroatoms. The zero-order valence-electron chi connectivity index (χ0n) is 8.03. The molecule has 0 fully saturated rings. The first kappa shape index (κ1) is 12.9. The van der Waals surface area contributed by atoms with Gasteiger partial charge in [-0.1, -0.05) is 0 Å². The van der Waals surface area contributed by atoms with Crippen molar-refractivity contribution in [2.75, 3.05) is 0 Å². The van der Waals surface area contributed by atoms with Gasteiger partial charge in [0, 0.05) is 13.8 Å². The van der Waals surface area contributed by atoms with Crippen molar-refractivity contribution in [2.24, 2.45) is 0 Å². The van der Waals surface area contributed by atoms with Gasteiger partial charge < -0.3 is 20.8 Å². The van der Waals surface area contributed by atoms with Crippen molar-refractivity contribution in [3.63, 3.8) is 0 Å². The quantitative estimate of drug-likeness (QED) is 0.322. The van der Waals surface area contributed by atoms with Crippen molar-refractivity contribution in [1.82, 2.24) is 10.6 Å². The maximum absolute atomic E-state index is 10.7. The van der Waals surface area contributed by atoms with Crippen LogP contribution in [0.15, 0.2) is 0 Å². The number of hydrogen-bond acceptors (Lipinski definition) is 4. The van der Waals surface area contributed by atoms with E-state index >= 15 is 0 Å². The molecule has 15 heavy (non-hydrogen) atoms. The molecule has 0 heterocycles. The van der Waals surface area contributed by atoms with E-state index in [0.29, 0.717) is 0 Å². The van der Waals surface area contributed by atoms with Gasteiger partial charge in [-0.15, -0.1) is 0 Å². The molecule has 0 saturated heterocycles. The summed E-state index contributed by atoms with van der Waals surface area (Å²) in [6, 6.07) is 0.